The zero-order valence-corrected chi connectivity index (χ0v) is 16.8. The Bertz CT molecular complexity index is 631. The first-order chi connectivity index (χ1) is 13.1. The van der Waals surface area contributed by atoms with Gasteiger partial charge in [-0.15, -0.1) is 0 Å². The number of ether oxygens (including phenoxy) is 1. The van der Waals surface area contributed by atoms with Crippen LogP contribution in [0.3, 0.4) is 0 Å². The van der Waals surface area contributed by atoms with Crippen LogP contribution in [-0.2, 0) is 4.79 Å². The Morgan fingerprint density at radius 1 is 1.14 bits per heavy atom. The quantitative estimate of drug-likeness (QED) is 0.289. The molecule has 0 saturated carbocycles. The van der Waals surface area contributed by atoms with Crippen molar-refractivity contribution in [3.05, 3.63) is 29.8 Å². The number of carbonyl (C=O) groups excluding carboxylic acids is 1. The number of guanidine groups is 1. The van der Waals surface area contributed by atoms with Crippen molar-refractivity contribution in [2.45, 2.75) is 40.4 Å². The second-order valence-electron chi connectivity index (χ2n) is 7.12. The summed E-state index contributed by atoms with van der Waals surface area (Å²) in [4.78, 5) is 16.1. The van der Waals surface area contributed by atoms with Gasteiger partial charge in [0.2, 0.25) is 5.91 Å². The second kappa shape index (κ2) is 11.4. The van der Waals surface area contributed by atoms with Gasteiger partial charge in [-0.25, -0.2) is 0 Å². The lowest BCUT2D eigenvalue weighted by atomic mass is 9.96. The zero-order chi connectivity index (χ0) is 21.2. The van der Waals surface area contributed by atoms with Gasteiger partial charge in [0.05, 0.1) is 12.6 Å². The van der Waals surface area contributed by atoms with E-state index in [1.54, 1.807) is 0 Å². The number of rotatable bonds is 9. The van der Waals surface area contributed by atoms with Gasteiger partial charge in [0.25, 0.3) is 0 Å². The Balaban J connectivity index is 2.53. The summed E-state index contributed by atoms with van der Waals surface area (Å²) in [5, 5.41) is 19.2. The van der Waals surface area contributed by atoms with Crippen LogP contribution in [0.4, 0.5) is 8.78 Å². The van der Waals surface area contributed by atoms with Gasteiger partial charge in [-0.2, -0.15) is 8.78 Å². The summed E-state index contributed by atoms with van der Waals surface area (Å²) in [6.07, 6.45) is -0.892. The van der Waals surface area contributed by atoms with Crippen LogP contribution in [-0.4, -0.2) is 49.8 Å². The Morgan fingerprint density at radius 2 is 1.75 bits per heavy atom. The molecule has 1 amide bonds. The predicted octanol–water partition coefficient (Wildman–Crippen LogP) is 2.04. The third kappa shape index (κ3) is 8.98. The molecule has 0 aliphatic rings. The summed E-state index contributed by atoms with van der Waals surface area (Å²) >= 11 is 0. The van der Waals surface area contributed by atoms with Crippen molar-refractivity contribution in [1.29, 1.82) is 0 Å². The number of nitrogens with one attached hydrogen (secondary N) is 3. The Labute approximate surface area is 164 Å². The fourth-order valence-corrected chi connectivity index (χ4v) is 2.12. The number of carbonyl (C=O) groups is 1. The number of alkyl halides is 2. The number of aliphatic hydroxyl groups is 1. The predicted molar refractivity (Wildman–Crippen MR) is 104 cm³/mol. The van der Waals surface area contributed by atoms with Crippen molar-refractivity contribution in [1.82, 2.24) is 16.0 Å². The van der Waals surface area contributed by atoms with E-state index in [0.29, 0.717) is 31.2 Å². The minimum absolute atomic E-state index is 0.0294. The van der Waals surface area contributed by atoms with E-state index >= 15 is 0 Å². The molecule has 0 spiro atoms. The fourth-order valence-electron chi connectivity index (χ4n) is 2.12. The number of aliphatic hydroxyl groups excluding tert-OH is 1. The fraction of sp³-hybridized carbons (Fsp3) is 0.579. The molecule has 0 aromatic heterocycles. The average Bonchev–Trinajstić information content (AvgIpc) is 2.61. The van der Waals surface area contributed by atoms with E-state index in [9.17, 15) is 18.7 Å². The van der Waals surface area contributed by atoms with Crippen LogP contribution in [0, 0.1) is 5.41 Å². The van der Waals surface area contributed by atoms with Crippen molar-refractivity contribution in [2.24, 2.45) is 10.4 Å². The van der Waals surface area contributed by atoms with Gasteiger partial charge >= 0.3 is 6.61 Å². The molecule has 1 atom stereocenters. The van der Waals surface area contributed by atoms with E-state index in [2.05, 4.69) is 25.7 Å². The highest BCUT2D eigenvalue weighted by atomic mass is 19.3. The Morgan fingerprint density at radius 3 is 2.29 bits per heavy atom. The average molecular weight is 400 g/mol. The molecule has 0 aliphatic carbocycles. The largest absolute Gasteiger partial charge is 0.435 e. The third-order valence-corrected chi connectivity index (χ3v) is 3.64. The third-order valence-electron chi connectivity index (χ3n) is 3.64. The number of amides is 1. The molecule has 1 aromatic rings. The summed E-state index contributed by atoms with van der Waals surface area (Å²) in [5.41, 5.74) is 0.0946. The Hall–Kier alpha value is -2.42. The molecular formula is C19H30F2N4O3. The van der Waals surface area contributed by atoms with Crippen LogP contribution in [0.1, 0.15) is 39.4 Å². The first kappa shape index (κ1) is 23.6. The van der Waals surface area contributed by atoms with Gasteiger partial charge in [0.1, 0.15) is 5.75 Å². The highest BCUT2D eigenvalue weighted by Gasteiger charge is 2.20. The van der Waals surface area contributed by atoms with Gasteiger partial charge < -0.3 is 25.8 Å². The molecule has 0 bridgehead atoms. The summed E-state index contributed by atoms with van der Waals surface area (Å²) in [7, 11) is 0. The number of aliphatic imine (C=N–C) groups is 1. The monoisotopic (exact) mass is 400 g/mol. The van der Waals surface area contributed by atoms with Crippen molar-refractivity contribution >= 4 is 11.9 Å². The number of halogens is 2. The molecule has 1 aromatic carbocycles. The van der Waals surface area contributed by atoms with E-state index in [1.807, 2.05) is 27.7 Å². The van der Waals surface area contributed by atoms with Gasteiger partial charge in [0.15, 0.2) is 5.96 Å². The van der Waals surface area contributed by atoms with E-state index < -0.39 is 18.1 Å². The first-order valence-corrected chi connectivity index (χ1v) is 9.16. The molecule has 9 heteroatoms. The molecule has 0 aliphatic heterocycles. The molecule has 158 valence electrons. The van der Waals surface area contributed by atoms with Crippen LogP contribution in [0.2, 0.25) is 0 Å². The number of nitrogens with zero attached hydrogens (tertiary/aromatic N) is 1. The van der Waals surface area contributed by atoms with Crippen molar-refractivity contribution < 1.29 is 23.4 Å². The minimum Gasteiger partial charge on any atom is -0.435 e. The number of benzene rings is 1. The standard InChI is InChI=1S/C19H30F2N4O3/c1-5-22-18(24-11-10-23-16(27)19(2,3)4)25-12-15(26)13-6-8-14(9-7-13)28-17(20)21/h6-9,15,17,26H,5,10-12H2,1-4H3,(H,23,27)(H2,22,24,25). The molecule has 1 unspecified atom stereocenters. The molecule has 0 fully saturated rings. The lowest BCUT2D eigenvalue weighted by molar-refractivity contribution is -0.128. The van der Waals surface area contributed by atoms with Crippen molar-refractivity contribution in [3.63, 3.8) is 0 Å². The smallest absolute Gasteiger partial charge is 0.387 e. The van der Waals surface area contributed by atoms with Gasteiger partial charge in [-0.1, -0.05) is 32.9 Å². The molecular weight excluding hydrogens is 370 g/mol. The highest BCUT2D eigenvalue weighted by molar-refractivity contribution is 5.81. The maximum Gasteiger partial charge on any atom is 0.387 e. The van der Waals surface area contributed by atoms with Crippen molar-refractivity contribution in [3.8, 4) is 5.75 Å². The van der Waals surface area contributed by atoms with Gasteiger partial charge in [-0.05, 0) is 24.6 Å². The topological polar surface area (TPSA) is 95.0 Å². The number of hydrogen-bond donors (Lipinski definition) is 4. The Kier molecular flexibility index (Phi) is 9.64. The lowest BCUT2D eigenvalue weighted by Crippen LogP contribution is -2.43. The van der Waals surface area contributed by atoms with Crippen LogP contribution in [0.5, 0.6) is 5.75 Å². The summed E-state index contributed by atoms with van der Waals surface area (Å²) in [6.45, 7) is 6.18. The molecule has 4 N–H and O–H groups in total. The van der Waals surface area contributed by atoms with E-state index in [4.69, 9.17) is 0 Å². The second-order valence-corrected chi connectivity index (χ2v) is 7.12. The zero-order valence-electron chi connectivity index (χ0n) is 16.8. The van der Waals surface area contributed by atoms with E-state index in [1.165, 1.54) is 24.3 Å². The van der Waals surface area contributed by atoms with Gasteiger partial charge in [-0.3, -0.25) is 9.79 Å². The first-order valence-electron chi connectivity index (χ1n) is 9.16. The van der Waals surface area contributed by atoms with E-state index in [-0.39, 0.29) is 18.2 Å². The molecule has 0 heterocycles. The molecule has 7 nitrogen and oxygen atoms in total. The maximum atomic E-state index is 12.2. The van der Waals surface area contributed by atoms with Crippen LogP contribution >= 0.6 is 0 Å². The molecule has 28 heavy (non-hydrogen) atoms. The summed E-state index contributed by atoms with van der Waals surface area (Å²) in [5.74, 6) is 0.497. The van der Waals surface area contributed by atoms with Crippen LogP contribution < -0.4 is 20.7 Å². The van der Waals surface area contributed by atoms with Crippen LogP contribution in [0.25, 0.3) is 0 Å². The highest BCUT2D eigenvalue weighted by Crippen LogP contribution is 2.19. The summed E-state index contributed by atoms with van der Waals surface area (Å²) in [6, 6.07) is 5.77. The normalized spacial score (nSPS) is 13.2. The summed E-state index contributed by atoms with van der Waals surface area (Å²) < 4.78 is 28.6. The van der Waals surface area contributed by atoms with Gasteiger partial charge in [0, 0.05) is 25.0 Å². The molecule has 0 radical (unpaired) electrons. The minimum atomic E-state index is -2.89. The van der Waals surface area contributed by atoms with Crippen LogP contribution in [0.15, 0.2) is 29.3 Å². The number of hydrogen-bond acceptors (Lipinski definition) is 4. The maximum absolute atomic E-state index is 12.2. The molecule has 0 saturated heterocycles. The molecule has 1 rings (SSSR count). The lowest BCUT2D eigenvalue weighted by Gasteiger charge is -2.18. The van der Waals surface area contributed by atoms with Crippen molar-refractivity contribution in [2.75, 3.05) is 26.2 Å². The SMILES string of the molecule is CCNC(=NCC(O)c1ccc(OC(F)F)cc1)NCCNC(=O)C(C)(C)C. The van der Waals surface area contributed by atoms with E-state index in [0.717, 1.165) is 0 Å².